The molecule has 0 bridgehead atoms. The molecule has 24 heavy (non-hydrogen) atoms. The van der Waals surface area contributed by atoms with Gasteiger partial charge in [0.1, 0.15) is 12.5 Å². The maximum atomic E-state index is 5.49. The first-order chi connectivity index (χ1) is 11.7. The normalized spacial score (nSPS) is 21.8. The van der Waals surface area contributed by atoms with E-state index in [4.69, 9.17) is 9.47 Å². The van der Waals surface area contributed by atoms with Gasteiger partial charge in [-0.1, -0.05) is 54.1 Å². The van der Waals surface area contributed by atoms with Crippen LogP contribution in [0.5, 0.6) is 0 Å². The highest BCUT2D eigenvalue weighted by Gasteiger charge is 2.26. The van der Waals surface area contributed by atoms with Crippen molar-refractivity contribution in [2.75, 3.05) is 27.3 Å². The molecule has 4 heteroatoms. The lowest BCUT2D eigenvalue weighted by molar-refractivity contribution is -0.0751. The van der Waals surface area contributed by atoms with Gasteiger partial charge in [-0.3, -0.25) is 10.2 Å². The summed E-state index contributed by atoms with van der Waals surface area (Å²) in [6.07, 6.45) is -0.00882. The van der Waals surface area contributed by atoms with Crippen LogP contribution < -0.4 is 5.32 Å². The number of aryl methyl sites for hydroxylation is 1. The molecule has 2 unspecified atom stereocenters. The molecule has 1 fully saturated rings. The summed E-state index contributed by atoms with van der Waals surface area (Å²) in [6.45, 7) is 4.69. The summed E-state index contributed by atoms with van der Waals surface area (Å²) in [5.41, 5.74) is 5.16. The third-order valence-electron chi connectivity index (χ3n) is 4.56. The highest BCUT2D eigenvalue weighted by Crippen LogP contribution is 2.25. The predicted octanol–water partition coefficient (Wildman–Crippen LogP) is 3.01. The smallest absolute Gasteiger partial charge is 0.122 e. The van der Waals surface area contributed by atoms with Crippen molar-refractivity contribution in [2.24, 2.45) is 0 Å². The summed E-state index contributed by atoms with van der Waals surface area (Å²) in [4.78, 5) is 2.38. The van der Waals surface area contributed by atoms with Gasteiger partial charge in [0, 0.05) is 33.9 Å². The first-order valence-electron chi connectivity index (χ1n) is 8.38. The van der Waals surface area contributed by atoms with Crippen LogP contribution in [-0.4, -0.2) is 44.7 Å². The summed E-state index contributed by atoms with van der Waals surface area (Å²) >= 11 is 0. The minimum Gasteiger partial charge on any atom is -0.365 e. The van der Waals surface area contributed by atoms with E-state index in [1.54, 1.807) is 14.2 Å². The second-order valence-corrected chi connectivity index (χ2v) is 6.33. The fourth-order valence-electron chi connectivity index (χ4n) is 3.18. The largest absolute Gasteiger partial charge is 0.365 e. The van der Waals surface area contributed by atoms with Crippen LogP contribution in [0.15, 0.2) is 48.5 Å². The SMILES string of the molecule is COC1CN(Cc2ccccc2-c2ccc(C)cc2)CC(OC)N1. The van der Waals surface area contributed by atoms with E-state index < -0.39 is 0 Å². The Bertz CT molecular complexity index is 645. The van der Waals surface area contributed by atoms with Gasteiger partial charge in [-0.25, -0.2) is 0 Å². The standard InChI is InChI=1S/C20H26N2O2/c1-15-8-10-16(11-9-15)18-7-5-4-6-17(18)12-22-13-19(23-2)21-20(14-22)24-3/h4-11,19-21H,12-14H2,1-3H3. The highest BCUT2D eigenvalue weighted by molar-refractivity contribution is 5.67. The van der Waals surface area contributed by atoms with Crippen molar-refractivity contribution < 1.29 is 9.47 Å². The zero-order valence-corrected chi connectivity index (χ0v) is 14.7. The average molecular weight is 326 g/mol. The molecular formula is C20H26N2O2. The van der Waals surface area contributed by atoms with E-state index in [1.165, 1.54) is 22.3 Å². The minimum atomic E-state index is -0.00441. The van der Waals surface area contributed by atoms with Crippen molar-refractivity contribution in [2.45, 2.75) is 25.9 Å². The van der Waals surface area contributed by atoms with Gasteiger partial charge in [-0.15, -0.1) is 0 Å². The molecule has 0 spiro atoms. The molecule has 2 aromatic rings. The molecule has 0 radical (unpaired) electrons. The summed E-state index contributed by atoms with van der Waals surface area (Å²) in [5, 5.41) is 3.33. The summed E-state index contributed by atoms with van der Waals surface area (Å²) in [7, 11) is 3.46. The van der Waals surface area contributed by atoms with Crippen LogP contribution in [0.2, 0.25) is 0 Å². The molecule has 0 aliphatic carbocycles. The predicted molar refractivity (Wildman–Crippen MR) is 96.6 cm³/mol. The van der Waals surface area contributed by atoms with Gasteiger partial charge in [0.2, 0.25) is 0 Å². The van der Waals surface area contributed by atoms with Crippen LogP contribution in [0.4, 0.5) is 0 Å². The van der Waals surface area contributed by atoms with E-state index in [9.17, 15) is 0 Å². The number of hydrogen-bond acceptors (Lipinski definition) is 4. The topological polar surface area (TPSA) is 33.7 Å². The van der Waals surface area contributed by atoms with Gasteiger partial charge >= 0.3 is 0 Å². The molecule has 1 heterocycles. The van der Waals surface area contributed by atoms with Crippen LogP contribution in [-0.2, 0) is 16.0 Å². The summed E-state index contributed by atoms with van der Waals surface area (Å²) in [5.74, 6) is 0. The molecule has 0 amide bonds. The maximum Gasteiger partial charge on any atom is 0.122 e. The van der Waals surface area contributed by atoms with Crippen LogP contribution in [0.25, 0.3) is 11.1 Å². The van der Waals surface area contributed by atoms with Crippen molar-refractivity contribution in [3.8, 4) is 11.1 Å². The molecular weight excluding hydrogens is 300 g/mol. The van der Waals surface area contributed by atoms with Crippen molar-refractivity contribution in [1.29, 1.82) is 0 Å². The van der Waals surface area contributed by atoms with Crippen LogP contribution in [0.3, 0.4) is 0 Å². The fourth-order valence-corrected chi connectivity index (χ4v) is 3.18. The lowest BCUT2D eigenvalue weighted by Gasteiger charge is -2.37. The van der Waals surface area contributed by atoms with Gasteiger partial charge in [0.25, 0.3) is 0 Å². The lowest BCUT2D eigenvalue weighted by atomic mass is 9.98. The summed E-state index contributed by atoms with van der Waals surface area (Å²) < 4.78 is 11.0. The van der Waals surface area contributed by atoms with Crippen LogP contribution >= 0.6 is 0 Å². The molecule has 0 aromatic heterocycles. The van der Waals surface area contributed by atoms with E-state index in [2.05, 4.69) is 65.7 Å². The number of benzene rings is 2. The lowest BCUT2D eigenvalue weighted by Crippen LogP contribution is -2.57. The molecule has 0 saturated carbocycles. The van der Waals surface area contributed by atoms with E-state index >= 15 is 0 Å². The molecule has 1 N–H and O–H groups in total. The molecule has 1 aliphatic rings. The van der Waals surface area contributed by atoms with Crippen molar-refractivity contribution in [3.63, 3.8) is 0 Å². The highest BCUT2D eigenvalue weighted by atomic mass is 16.5. The average Bonchev–Trinajstić information content (AvgIpc) is 2.62. The second-order valence-electron chi connectivity index (χ2n) is 6.33. The summed E-state index contributed by atoms with van der Waals surface area (Å²) in [6, 6.07) is 17.3. The van der Waals surface area contributed by atoms with Gasteiger partial charge in [-0.2, -0.15) is 0 Å². The molecule has 3 rings (SSSR count). The van der Waals surface area contributed by atoms with Gasteiger partial charge < -0.3 is 9.47 Å². The number of ether oxygens (including phenoxy) is 2. The number of hydrogen-bond donors (Lipinski definition) is 1. The molecule has 1 aliphatic heterocycles. The Balaban J connectivity index is 1.81. The molecule has 4 nitrogen and oxygen atoms in total. The number of methoxy groups -OCH3 is 2. The molecule has 2 aromatic carbocycles. The van der Waals surface area contributed by atoms with Crippen molar-refractivity contribution in [1.82, 2.24) is 10.2 Å². The van der Waals surface area contributed by atoms with E-state index in [1.807, 2.05) is 0 Å². The van der Waals surface area contributed by atoms with Crippen LogP contribution in [0, 0.1) is 6.92 Å². The van der Waals surface area contributed by atoms with Crippen LogP contribution in [0.1, 0.15) is 11.1 Å². The Morgan fingerprint density at radius 2 is 1.58 bits per heavy atom. The Morgan fingerprint density at radius 3 is 2.21 bits per heavy atom. The van der Waals surface area contributed by atoms with E-state index in [0.29, 0.717) is 0 Å². The first-order valence-corrected chi connectivity index (χ1v) is 8.38. The number of piperazine rings is 1. The Hall–Kier alpha value is -1.72. The third-order valence-corrected chi connectivity index (χ3v) is 4.56. The van der Waals surface area contributed by atoms with Gasteiger partial charge in [0.05, 0.1) is 0 Å². The van der Waals surface area contributed by atoms with Crippen molar-refractivity contribution in [3.05, 3.63) is 59.7 Å². The zero-order valence-electron chi connectivity index (χ0n) is 14.7. The zero-order chi connectivity index (χ0) is 16.9. The third kappa shape index (κ3) is 4.02. The quantitative estimate of drug-likeness (QED) is 0.916. The van der Waals surface area contributed by atoms with Gasteiger partial charge in [0.15, 0.2) is 0 Å². The van der Waals surface area contributed by atoms with Crippen molar-refractivity contribution >= 4 is 0 Å². The fraction of sp³-hybridized carbons (Fsp3) is 0.400. The molecule has 2 atom stereocenters. The van der Waals surface area contributed by atoms with E-state index in [-0.39, 0.29) is 12.5 Å². The first kappa shape index (κ1) is 17.1. The molecule has 128 valence electrons. The monoisotopic (exact) mass is 326 g/mol. The maximum absolute atomic E-state index is 5.49. The number of nitrogens with zero attached hydrogens (tertiary/aromatic N) is 1. The molecule has 1 saturated heterocycles. The minimum absolute atomic E-state index is 0.00441. The van der Waals surface area contributed by atoms with E-state index in [0.717, 1.165) is 19.6 Å². The number of rotatable bonds is 5. The number of nitrogens with one attached hydrogen (secondary N) is 1. The second kappa shape index (κ2) is 7.90. The van der Waals surface area contributed by atoms with Gasteiger partial charge in [-0.05, 0) is 23.6 Å². The Kier molecular flexibility index (Phi) is 5.63. The Morgan fingerprint density at radius 1 is 0.958 bits per heavy atom. The Labute approximate surface area is 144 Å².